The van der Waals surface area contributed by atoms with Gasteiger partial charge in [0.25, 0.3) is 0 Å². The zero-order valence-corrected chi connectivity index (χ0v) is 16.5. The van der Waals surface area contributed by atoms with E-state index in [9.17, 15) is 22.0 Å². The number of amidine groups is 1. The number of sulfone groups is 1. The first-order valence-corrected chi connectivity index (χ1v) is 10.2. The monoisotopic (exact) mass is 410 g/mol. The third kappa shape index (κ3) is 2.94. The van der Waals surface area contributed by atoms with Gasteiger partial charge in [-0.1, -0.05) is 0 Å². The van der Waals surface area contributed by atoms with E-state index in [-0.39, 0.29) is 17.1 Å². The number of carbonyl (C=O) groups is 1. The molecular weight excluding hydrogens is 390 g/mol. The highest BCUT2D eigenvalue weighted by atomic mass is 32.2. The Morgan fingerprint density at radius 1 is 1.29 bits per heavy atom. The van der Waals surface area contributed by atoms with Crippen molar-refractivity contribution in [2.75, 3.05) is 11.1 Å². The van der Waals surface area contributed by atoms with Crippen LogP contribution in [0.25, 0.3) is 0 Å². The molecule has 10 heteroatoms. The fraction of sp³-hybridized carbons (Fsp3) is 0.500. The second kappa shape index (κ2) is 5.98. The largest absolute Gasteiger partial charge is 0.386 e. The van der Waals surface area contributed by atoms with Crippen LogP contribution in [0.5, 0.6) is 0 Å². The van der Waals surface area contributed by atoms with Gasteiger partial charge in [0.1, 0.15) is 21.5 Å². The topological polar surface area (TPSA) is 125 Å². The van der Waals surface area contributed by atoms with Gasteiger partial charge in [-0.25, -0.2) is 17.2 Å². The quantitative estimate of drug-likeness (QED) is 0.788. The van der Waals surface area contributed by atoms with Gasteiger partial charge in [-0.3, -0.25) is 9.79 Å². The molecule has 1 heterocycles. The molecule has 0 spiro atoms. The number of aliphatic imine (C=N–C) groups is 1. The van der Waals surface area contributed by atoms with Crippen LogP contribution >= 0.6 is 0 Å². The Morgan fingerprint density at radius 3 is 2.39 bits per heavy atom. The predicted molar refractivity (Wildman–Crippen MR) is 99.1 cm³/mol. The average Bonchev–Trinajstić information content (AvgIpc) is 3.37. The number of rotatable bonds is 3. The van der Waals surface area contributed by atoms with E-state index in [1.54, 1.807) is 0 Å². The Kier molecular flexibility index (Phi) is 4.31. The van der Waals surface area contributed by atoms with Gasteiger partial charge in [0, 0.05) is 17.3 Å². The molecule has 7 nitrogen and oxygen atoms in total. The highest BCUT2D eigenvalue weighted by Gasteiger charge is 2.51. The fourth-order valence-electron chi connectivity index (χ4n) is 3.10. The smallest absolute Gasteiger partial charge is 0.244 e. The molecule has 2 aliphatic rings. The van der Waals surface area contributed by atoms with Crippen molar-refractivity contribution in [1.82, 2.24) is 0 Å². The molecule has 150 valence electrons. The van der Waals surface area contributed by atoms with Crippen molar-refractivity contribution in [3.05, 3.63) is 29.3 Å². The zero-order valence-electron chi connectivity index (χ0n) is 15.6. The van der Waals surface area contributed by atoms with E-state index in [0.717, 1.165) is 12.1 Å². The Balaban J connectivity index is 2.07. The molecule has 0 saturated heterocycles. The van der Waals surface area contributed by atoms with E-state index < -0.39 is 48.8 Å². The maximum atomic E-state index is 14.6. The summed E-state index contributed by atoms with van der Waals surface area (Å²) < 4.78 is 52.7. The Morgan fingerprint density at radius 2 is 1.89 bits per heavy atom. The first-order valence-electron chi connectivity index (χ1n) is 8.58. The minimum Gasteiger partial charge on any atom is -0.386 e. The molecule has 1 aliphatic carbocycles. The molecule has 1 atom stereocenters. The SMILES string of the molecule is CC1(C)C(N)=N[C@](C)(c2cc(NC(=O)C3(C#N)CC3)cc(F)c2F)CS1(=O)=O. The molecule has 1 fully saturated rings. The lowest BCUT2D eigenvalue weighted by molar-refractivity contribution is -0.119. The molecule has 0 bridgehead atoms. The lowest BCUT2D eigenvalue weighted by Gasteiger charge is -2.38. The van der Waals surface area contributed by atoms with Gasteiger partial charge < -0.3 is 11.1 Å². The van der Waals surface area contributed by atoms with E-state index in [2.05, 4.69) is 10.3 Å². The van der Waals surface area contributed by atoms with E-state index in [1.807, 2.05) is 6.07 Å². The number of amides is 1. The number of nitrogens with zero attached hydrogens (tertiary/aromatic N) is 2. The number of carbonyl (C=O) groups excluding carboxylic acids is 1. The number of nitrogens with two attached hydrogens (primary N) is 1. The van der Waals surface area contributed by atoms with Crippen LogP contribution < -0.4 is 11.1 Å². The summed E-state index contributed by atoms with van der Waals surface area (Å²) in [6.07, 6.45) is 0.773. The molecule has 28 heavy (non-hydrogen) atoms. The normalized spacial score (nSPS) is 26.6. The van der Waals surface area contributed by atoms with Crippen molar-refractivity contribution < 1.29 is 22.0 Å². The number of hydrogen-bond donors (Lipinski definition) is 2. The summed E-state index contributed by atoms with van der Waals surface area (Å²) in [7, 11) is -3.82. The van der Waals surface area contributed by atoms with Gasteiger partial charge in [0.15, 0.2) is 21.5 Å². The van der Waals surface area contributed by atoms with Crippen molar-refractivity contribution in [3.63, 3.8) is 0 Å². The van der Waals surface area contributed by atoms with Crippen molar-refractivity contribution in [2.45, 2.75) is 43.9 Å². The van der Waals surface area contributed by atoms with E-state index in [1.165, 1.54) is 20.8 Å². The second-order valence-corrected chi connectivity index (χ2v) is 10.5. The second-order valence-electron chi connectivity index (χ2n) is 8.01. The molecule has 1 aliphatic heterocycles. The van der Waals surface area contributed by atoms with Crippen molar-refractivity contribution >= 4 is 27.3 Å². The first-order chi connectivity index (χ1) is 12.8. The summed E-state index contributed by atoms with van der Waals surface area (Å²) in [5.41, 5.74) is 2.59. The minimum absolute atomic E-state index is 0.0855. The molecule has 0 radical (unpaired) electrons. The zero-order chi connectivity index (χ0) is 21.1. The summed E-state index contributed by atoms with van der Waals surface area (Å²) in [5, 5.41) is 11.5. The van der Waals surface area contributed by atoms with Crippen molar-refractivity contribution in [3.8, 4) is 6.07 Å². The average molecular weight is 410 g/mol. The van der Waals surface area contributed by atoms with Crippen LogP contribution in [-0.4, -0.2) is 30.7 Å². The number of nitriles is 1. The van der Waals surface area contributed by atoms with Gasteiger partial charge in [-0.15, -0.1) is 0 Å². The van der Waals surface area contributed by atoms with E-state index in [4.69, 9.17) is 11.0 Å². The van der Waals surface area contributed by atoms with Crippen LogP contribution in [0.15, 0.2) is 17.1 Å². The Hall–Kier alpha value is -2.54. The molecule has 1 aromatic carbocycles. The lowest BCUT2D eigenvalue weighted by Crippen LogP contribution is -2.55. The maximum Gasteiger partial charge on any atom is 0.244 e. The molecule has 1 saturated carbocycles. The third-order valence-corrected chi connectivity index (χ3v) is 8.20. The first kappa shape index (κ1) is 20.2. The van der Waals surface area contributed by atoms with E-state index in [0.29, 0.717) is 12.8 Å². The molecule has 3 N–H and O–H groups in total. The number of hydrogen-bond acceptors (Lipinski definition) is 6. The van der Waals surface area contributed by atoms with Crippen LogP contribution in [0.2, 0.25) is 0 Å². The van der Waals surface area contributed by atoms with Gasteiger partial charge in [0.05, 0.1) is 11.8 Å². The summed E-state index contributed by atoms with van der Waals surface area (Å²) in [4.78, 5) is 16.4. The van der Waals surface area contributed by atoms with E-state index >= 15 is 0 Å². The van der Waals surface area contributed by atoms with Gasteiger partial charge in [-0.05, 0) is 39.7 Å². The summed E-state index contributed by atoms with van der Waals surface area (Å²) in [6.45, 7) is 4.13. The van der Waals surface area contributed by atoms with Crippen molar-refractivity contribution in [2.24, 2.45) is 16.1 Å². The number of benzene rings is 1. The molecule has 3 rings (SSSR count). The van der Waals surface area contributed by atoms with Gasteiger partial charge >= 0.3 is 0 Å². The van der Waals surface area contributed by atoms with Crippen LogP contribution in [0, 0.1) is 28.4 Å². The van der Waals surface area contributed by atoms with Gasteiger partial charge in [0.2, 0.25) is 5.91 Å². The molecule has 0 unspecified atom stereocenters. The standard InChI is InChI=1S/C18H20F2N4O3S/c1-16(2)14(22)24-17(3,9-28(16,26)27)11-6-10(7-12(19)13(11)20)23-15(25)18(8-21)4-5-18/h6-7H,4-5,9H2,1-3H3,(H2,22,24)(H,23,25)/t17-/m0/s1. The summed E-state index contributed by atoms with van der Waals surface area (Å²) >= 11 is 0. The van der Waals surface area contributed by atoms with Crippen LogP contribution in [0.3, 0.4) is 0 Å². The highest BCUT2D eigenvalue weighted by molar-refractivity contribution is 7.93. The molecule has 1 amide bonds. The highest BCUT2D eigenvalue weighted by Crippen LogP contribution is 2.46. The Bertz CT molecular complexity index is 1060. The summed E-state index contributed by atoms with van der Waals surface area (Å²) in [6, 6.07) is 3.82. The molecule has 0 aromatic heterocycles. The number of nitrogens with one attached hydrogen (secondary N) is 1. The molecule has 1 aromatic rings. The number of halogens is 2. The fourth-order valence-corrected chi connectivity index (χ4v) is 4.78. The number of anilines is 1. The maximum absolute atomic E-state index is 14.6. The molecular formula is C18H20F2N4O3S. The predicted octanol–water partition coefficient (Wildman–Crippen LogP) is 1.99. The summed E-state index contributed by atoms with van der Waals surface area (Å²) in [5.74, 6) is -3.95. The minimum atomic E-state index is -3.82. The Labute approximate surface area is 161 Å². The lowest BCUT2D eigenvalue weighted by atomic mass is 9.92. The van der Waals surface area contributed by atoms with Crippen LogP contribution in [-0.2, 0) is 20.2 Å². The third-order valence-electron chi connectivity index (χ3n) is 5.50. The van der Waals surface area contributed by atoms with Gasteiger partial charge in [-0.2, -0.15) is 5.26 Å². The van der Waals surface area contributed by atoms with Crippen LogP contribution in [0.1, 0.15) is 39.2 Å². The van der Waals surface area contributed by atoms with Crippen LogP contribution in [0.4, 0.5) is 14.5 Å². The van der Waals surface area contributed by atoms with Crippen molar-refractivity contribution in [1.29, 1.82) is 5.26 Å².